The summed E-state index contributed by atoms with van der Waals surface area (Å²) in [6.45, 7) is 5.53. The average molecular weight is 214 g/mol. The molecule has 0 aromatic heterocycles. The largest absolute Gasteiger partial charge is 0.500 e. The van der Waals surface area contributed by atoms with E-state index < -0.39 is 5.97 Å². The van der Waals surface area contributed by atoms with E-state index in [-0.39, 0.29) is 12.0 Å². The Kier molecular flexibility index (Phi) is 6.45. The van der Waals surface area contributed by atoms with Gasteiger partial charge in [-0.3, -0.25) is 0 Å². The first-order valence-corrected chi connectivity index (χ1v) is 4.59. The Morgan fingerprint density at radius 2 is 1.87 bits per heavy atom. The van der Waals surface area contributed by atoms with Gasteiger partial charge in [0.25, 0.3) is 0 Å². The first kappa shape index (κ1) is 13.7. The van der Waals surface area contributed by atoms with Crippen LogP contribution in [0.2, 0.25) is 0 Å². The van der Waals surface area contributed by atoms with Gasteiger partial charge >= 0.3 is 5.97 Å². The van der Waals surface area contributed by atoms with Crippen molar-refractivity contribution < 1.29 is 19.0 Å². The maximum Gasteiger partial charge on any atom is 0.333 e. The van der Waals surface area contributed by atoms with Gasteiger partial charge in [0, 0.05) is 13.0 Å². The summed E-state index contributed by atoms with van der Waals surface area (Å²) in [6, 6.07) is 0. The Labute approximate surface area is 90.5 Å². The molecule has 86 valence electrons. The molecule has 0 aliphatic carbocycles. The molecule has 0 amide bonds. The molecule has 0 aromatic rings. The van der Waals surface area contributed by atoms with Crippen LogP contribution in [0, 0.1) is 5.92 Å². The van der Waals surface area contributed by atoms with Crippen molar-refractivity contribution >= 4 is 5.97 Å². The summed E-state index contributed by atoms with van der Waals surface area (Å²) in [4.78, 5) is 11.0. The number of carbonyl (C=O) groups excluding carboxylic acids is 1. The van der Waals surface area contributed by atoms with E-state index >= 15 is 0 Å². The van der Waals surface area contributed by atoms with Crippen LogP contribution in [0.25, 0.3) is 0 Å². The Hall–Kier alpha value is -1.29. The summed E-state index contributed by atoms with van der Waals surface area (Å²) in [5, 5.41) is 0. The molecule has 2 atom stereocenters. The fourth-order valence-corrected chi connectivity index (χ4v) is 1.22. The van der Waals surface area contributed by atoms with Crippen LogP contribution >= 0.6 is 0 Å². The standard InChI is InChI=1S/C11H18O4/c1-6-9(13-3)8(2)10(14-4)7-11(12)15-5/h6-9H,1H2,2-5H3/b10-7+/t8-,9+/m1/s1. The van der Waals surface area contributed by atoms with Gasteiger partial charge in [0.2, 0.25) is 0 Å². The molecule has 0 aromatic carbocycles. The minimum atomic E-state index is -0.447. The minimum Gasteiger partial charge on any atom is -0.500 e. The normalized spacial score (nSPS) is 15.3. The summed E-state index contributed by atoms with van der Waals surface area (Å²) in [7, 11) is 4.40. The summed E-state index contributed by atoms with van der Waals surface area (Å²) >= 11 is 0. The molecule has 0 radical (unpaired) electrons. The van der Waals surface area contributed by atoms with Gasteiger partial charge in [0.15, 0.2) is 0 Å². The van der Waals surface area contributed by atoms with Gasteiger partial charge < -0.3 is 14.2 Å². The highest BCUT2D eigenvalue weighted by Crippen LogP contribution is 2.18. The van der Waals surface area contributed by atoms with Crippen LogP contribution in [0.3, 0.4) is 0 Å². The van der Waals surface area contributed by atoms with Crippen LogP contribution in [0.15, 0.2) is 24.5 Å². The molecule has 0 N–H and O–H groups in total. The smallest absolute Gasteiger partial charge is 0.333 e. The third kappa shape index (κ3) is 4.16. The molecule has 4 nitrogen and oxygen atoms in total. The van der Waals surface area contributed by atoms with E-state index in [1.807, 2.05) is 6.92 Å². The van der Waals surface area contributed by atoms with Crippen LogP contribution in [0.4, 0.5) is 0 Å². The Morgan fingerprint density at radius 1 is 1.27 bits per heavy atom. The zero-order chi connectivity index (χ0) is 11.8. The zero-order valence-electron chi connectivity index (χ0n) is 9.65. The third-order valence-electron chi connectivity index (χ3n) is 2.14. The first-order valence-electron chi connectivity index (χ1n) is 4.59. The second kappa shape index (κ2) is 7.06. The van der Waals surface area contributed by atoms with E-state index in [4.69, 9.17) is 9.47 Å². The molecule has 0 aliphatic rings. The fourth-order valence-electron chi connectivity index (χ4n) is 1.22. The van der Waals surface area contributed by atoms with Crippen LogP contribution < -0.4 is 0 Å². The Bertz CT molecular complexity index is 245. The number of carbonyl (C=O) groups is 1. The fraction of sp³-hybridized carbons (Fsp3) is 0.545. The lowest BCUT2D eigenvalue weighted by atomic mass is 10.0. The predicted molar refractivity (Wildman–Crippen MR) is 57.3 cm³/mol. The zero-order valence-corrected chi connectivity index (χ0v) is 9.65. The second-order valence-corrected chi connectivity index (χ2v) is 3.00. The third-order valence-corrected chi connectivity index (χ3v) is 2.14. The Balaban J connectivity index is 4.72. The lowest BCUT2D eigenvalue weighted by Gasteiger charge is -2.20. The highest BCUT2D eigenvalue weighted by Gasteiger charge is 2.19. The van der Waals surface area contributed by atoms with Crippen molar-refractivity contribution in [1.82, 2.24) is 0 Å². The van der Waals surface area contributed by atoms with E-state index in [0.29, 0.717) is 5.76 Å². The van der Waals surface area contributed by atoms with Crippen LogP contribution in [-0.2, 0) is 19.0 Å². The topological polar surface area (TPSA) is 44.8 Å². The highest BCUT2D eigenvalue weighted by atomic mass is 16.5. The molecule has 0 bridgehead atoms. The number of rotatable bonds is 6. The molecule has 0 aliphatic heterocycles. The van der Waals surface area contributed by atoms with E-state index in [2.05, 4.69) is 11.3 Å². The first-order chi connectivity index (χ1) is 7.10. The van der Waals surface area contributed by atoms with Crippen molar-refractivity contribution in [2.75, 3.05) is 21.3 Å². The summed E-state index contributed by atoms with van der Waals surface area (Å²) in [5.41, 5.74) is 0. The average Bonchev–Trinajstić information content (AvgIpc) is 2.26. The molecule has 0 heterocycles. The molecule has 0 rings (SSSR count). The monoisotopic (exact) mass is 214 g/mol. The number of ether oxygens (including phenoxy) is 3. The molecule has 4 heteroatoms. The quantitative estimate of drug-likeness (QED) is 0.291. The maximum absolute atomic E-state index is 11.0. The molecular formula is C11H18O4. The van der Waals surface area contributed by atoms with Crippen molar-refractivity contribution in [3.63, 3.8) is 0 Å². The summed E-state index contributed by atoms with van der Waals surface area (Å²) < 4.78 is 14.8. The molecule has 0 saturated heterocycles. The number of hydrogen-bond donors (Lipinski definition) is 0. The summed E-state index contributed by atoms with van der Waals surface area (Å²) in [6.07, 6.45) is 2.77. The van der Waals surface area contributed by atoms with Crippen molar-refractivity contribution in [2.45, 2.75) is 13.0 Å². The molecule has 0 fully saturated rings. The predicted octanol–water partition coefficient (Wildman–Crippen LogP) is 1.53. The van der Waals surface area contributed by atoms with E-state index in [1.165, 1.54) is 20.3 Å². The number of esters is 1. The minimum absolute atomic E-state index is 0.0865. The van der Waals surface area contributed by atoms with Gasteiger partial charge in [-0.1, -0.05) is 13.0 Å². The highest BCUT2D eigenvalue weighted by molar-refractivity contribution is 5.82. The number of hydrogen-bond acceptors (Lipinski definition) is 4. The lowest BCUT2D eigenvalue weighted by molar-refractivity contribution is -0.135. The van der Waals surface area contributed by atoms with Crippen LogP contribution in [0.5, 0.6) is 0 Å². The van der Waals surface area contributed by atoms with Gasteiger partial charge in [-0.2, -0.15) is 0 Å². The lowest BCUT2D eigenvalue weighted by Crippen LogP contribution is -2.21. The van der Waals surface area contributed by atoms with Gasteiger partial charge in [0.1, 0.15) is 5.76 Å². The molecular weight excluding hydrogens is 196 g/mol. The second-order valence-electron chi connectivity index (χ2n) is 3.00. The number of methoxy groups -OCH3 is 3. The van der Waals surface area contributed by atoms with Gasteiger partial charge in [-0.25, -0.2) is 4.79 Å². The van der Waals surface area contributed by atoms with Crippen molar-refractivity contribution in [3.05, 3.63) is 24.5 Å². The van der Waals surface area contributed by atoms with E-state index in [9.17, 15) is 4.79 Å². The van der Waals surface area contributed by atoms with Gasteiger partial charge in [0.05, 0.1) is 26.4 Å². The molecule has 0 unspecified atom stereocenters. The Morgan fingerprint density at radius 3 is 2.20 bits per heavy atom. The maximum atomic E-state index is 11.0. The van der Waals surface area contributed by atoms with Crippen LogP contribution in [-0.4, -0.2) is 33.4 Å². The van der Waals surface area contributed by atoms with Crippen molar-refractivity contribution in [3.8, 4) is 0 Å². The van der Waals surface area contributed by atoms with Crippen molar-refractivity contribution in [2.24, 2.45) is 5.92 Å². The van der Waals surface area contributed by atoms with Crippen LogP contribution in [0.1, 0.15) is 6.92 Å². The summed E-state index contributed by atoms with van der Waals surface area (Å²) in [5.74, 6) is -0.0252. The molecule has 0 spiro atoms. The van der Waals surface area contributed by atoms with Gasteiger partial charge in [-0.15, -0.1) is 6.58 Å². The van der Waals surface area contributed by atoms with Gasteiger partial charge in [-0.05, 0) is 0 Å². The molecule has 0 saturated carbocycles. The molecule has 15 heavy (non-hydrogen) atoms. The van der Waals surface area contributed by atoms with Crippen molar-refractivity contribution in [1.29, 1.82) is 0 Å². The SMILES string of the molecule is C=C[C@H](OC)[C@@H](C)/C(=C\C(=O)OC)OC. The van der Waals surface area contributed by atoms with E-state index in [1.54, 1.807) is 13.2 Å². The van der Waals surface area contributed by atoms with E-state index in [0.717, 1.165) is 0 Å².